The van der Waals surface area contributed by atoms with Gasteiger partial charge in [0.15, 0.2) is 11.5 Å². The predicted octanol–water partition coefficient (Wildman–Crippen LogP) is 1.34. The maximum Gasteiger partial charge on any atom is 0.239 e. The number of hydrogen-bond acceptors (Lipinski definition) is 6. The molecule has 1 aliphatic rings. The zero-order chi connectivity index (χ0) is 19.3. The number of carbonyl (C=O) groups is 1. The van der Waals surface area contributed by atoms with Crippen LogP contribution in [0.25, 0.3) is 0 Å². The lowest BCUT2D eigenvalue weighted by Gasteiger charge is -2.36. The van der Waals surface area contributed by atoms with Crippen molar-refractivity contribution in [2.45, 2.75) is 26.4 Å². The molecule has 7 nitrogen and oxygen atoms in total. The van der Waals surface area contributed by atoms with Gasteiger partial charge in [-0.05, 0) is 23.6 Å². The van der Waals surface area contributed by atoms with Gasteiger partial charge in [-0.1, -0.05) is 13.8 Å². The van der Waals surface area contributed by atoms with Crippen molar-refractivity contribution >= 4 is 5.91 Å². The molecule has 1 aromatic rings. The molecule has 1 saturated heterocycles. The Kier molecular flexibility index (Phi) is 7.11. The molecule has 2 N–H and O–H groups in total. The molecular formula is C19H31N3O4. The molecule has 1 fully saturated rings. The number of benzene rings is 1. The van der Waals surface area contributed by atoms with Gasteiger partial charge < -0.3 is 24.8 Å². The first-order chi connectivity index (χ1) is 12.4. The van der Waals surface area contributed by atoms with Gasteiger partial charge in [-0.25, -0.2) is 0 Å². The molecule has 1 atom stereocenters. The number of nitrogens with zero attached hydrogens (tertiary/aromatic N) is 2. The lowest BCUT2D eigenvalue weighted by molar-refractivity contribution is -0.135. The van der Waals surface area contributed by atoms with Crippen LogP contribution in [0.15, 0.2) is 12.1 Å². The number of ether oxygens (including phenoxy) is 3. The summed E-state index contributed by atoms with van der Waals surface area (Å²) < 4.78 is 16.2. The van der Waals surface area contributed by atoms with Crippen molar-refractivity contribution in [3.05, 3.63) is 17.7 Å². The van der Waals surface area contributed by atoms with E-state index in [1.54, 1.807) is 21.3 Å². The van der Waals surface area contributed by atoms with E-state index < -0.39 is 6.04 Å². The standard InChI is InChI=1S/C19H31N3O4/c1-13(2)17(20)19(23)22-8-6-21(7-9-22)12-14-10-15(24-3)18(26-5)16(11-14)25-4/h10-11,13,17H,6-9,12,20H2,1-5H3/t17-/m0/s1. The van der Waals surface area contributed by atoms with E-state index in [2.05, 4.69) is 4.90 Å². The Morgan fingerprint density at radius 3 is 2.00 bits per heavy atom. The molecule has 0 aromatic heterocycles. The van der Waals surface area contributed by atoms with Gasteiger partial charge in [0.2, 0.25) is 11.7 Å². The molecule has 2 rings (SSSR count). The fraction of sp³-hybridized carbons (Fsp3) is 0.632. The Morgan fingerprint density at radius 1 is 1.04 bits per heavy atom. The number of methoxy groups -OCH3 is 3. The summed E-state index contributed by atoms with van der Waals surface area (Å²) in [7, 11) is 4.82. The summed E-state index contributed by atoms with van der Waals surface area (Å²) in [5.74, 6) is 2.10. The van der Waals surface area contributed by atoms with Gasteiger partial charge >= 0.3 is 0 Å². The summed E-state index contributed by atoms with van der Waals surface area (Å²) in [5, 5.41) is 0. The fourth-order valence-electron chi connectivity index (χ4n) is 3.11. The summed E-state index contributed by atoms with van der Waals surface area (Å²) in [6.07, 6.45) is 0. The molecule has 7 heteroatoms. The van der Waals surface area contributed by atoms with Gasteiger partial charge in [0.25, 0.3) is 0 Å². The fourth-order valence-corrected chi connectivity index (χ4v) is 3.11. The summed E-state index contributed by atoms with van der Waals surface area (Å²) in [6.45, 7) is 7.73. The molecule has 0 radical (unpaired) electrons. The Morgan fingerprint density at radius 2 is 1.58 bits per heavy atom. The van der Waals surface area contributed by atoms with Crippen LogP contribution in [0.1, 0.15) is 19.4 Å². The molecule has 146 valence electrons. The molecule has 26 heavy (non-hydrogen) atoms. The summed E-state index contributed by atoms with van der Waals surface area (Å²) in [6, 6.07) is 3.51. The second-order valence-electron chi connectivity index (χ2n) is 6.90. The van der Waals surface area contributed by atoms with Crippen LogP contribution in [0.3, 0.4) is 0 Å². The summed E-state index contributed by atoms with van der Waals surface area (Å²) in [4.78, 5) is 16.6. The third kappa shape index (κ3) is 4.59. The molecule has 0 saturated carbocycles. The highest BCUT2D eigenvalue weighted by molar-refractivity contribution is 5.82. The highest BCUT2D eigenvalue weighted by atomic mass is 16.5. The second-order valence-corrected chi connectivity index (χ2v) is 6.90. The van der Waals surface area contributed by atoms with E-state index in [4.69, 9.17) is 19.9 Å². The van der Waals surface area contributed by atoms with Crippen molar-refractivity contribution in [3.8, 4) is 17.2 Å². The van der Waals surface area contributed by atoms with Crippen LogP contribution in [0.2, 0.25) is 0 Å². The zero-order valence-corrected chi connectivity index (χ0v) is 16.4. The Balaban J connectivity index is 2.00. The maximum atomic E-state index is 12.4. The largest absolute Gasteiger partial charge is 0.493 e. The molecule has 0 aliphatic carbocycles. The molecule has 0 spiro atoms. The Bertz CT molecular complexity index is 588. The lowest BCUT2D eigenvalue weighted by atomic mass is 10.0. The molecular weight excluding hydrogens is 334 g/mol. The quantitative estimate of drug-likeness (QED) is 0.786. The van der Waals surface area contributed by atoms with Crippen LogP contribution in [0.4, 0.5) is 0 Å². The minimum atomic E-state index is -0.420. The first-order valence-electron chi connectivity index (χ1n) is 8.96. The van der Waals surface area contributed by atoms with Crippen LogP contribution in [-0.4, -0.2) is 69.3 Å². The normalized spacial score (nSPS) is 16.5. The van der Waals surface area contributed by atoms with Crippen molar-refractivity contribution < 1.29 is 19.0 Å². The molecule has 1 amide bonds. The monoisotopic (exact) mass is 365 g/mol. The van der Waals surface area contributed by atoms with Crippen LogP contribution in [0.5, 0.6) is 17.2 Å². The average molecular weight is 365 g/mol. The molecule has 0 bridgehead atoms. The van der Waals surface area contributed by atoms with Crippen molar-refractivity contribution in [1.82, 2.24) is 9.80 Å². The van der Waals surface area contributed by atoms with E-state index in [1.165, 1.54) is 0 Å². The van der Waals surface area contributed by atoms with E-state index >= 15 is 0 Å². The number of hydrogen-bond donors (Lipinski definition) is 1. The highest BCUT2D eigenvalue weighted by Crippen LogP contribution is 2.38. The van der Waals surface area contributed by atoms with Gasteiger partial charge in [-0.2, -0.15) is 0 Å². The number of nitrogens with two attached hydrogens (primary N) is 1. The third-order valence-corrected chi connectivity index (χ3v) is 4.82. The minimum absolute atomic E-state index is 0.0486. The topological polar surface area (TPSA) is 77.3 Å². The van der Waals surface area contributed by atoms with Gasteiger partial charge in [0.1, 0.15) is 0 Å². The first kappa shape index (κ1) is 20.3. The summed E-state index contributed by atoms with van der Waals surface area (Å²) in [5.41, 5.74) is 7.08. The van der Waals surface area contributed by atoms with E-state index in [9.17, 15) is 4.79 Å². The van der Waals surface area contributed by atoms with Crippen molar-refractivity contribution in [3.63, 3.8) is 0 Å². The highest BCUT2D eigenvalue weighted by Gasteiger charge is 2.27. The van der Waals surface area contributed by atoms with Crippen molar-refractivity contribution in [2.24, 2.45) is 11.7 Å². The Hall–Kier alpha value is -1.99. The van der Waals surface area contributed by atoms with Crippen molar-refractivity contribution in [2.75, 3.05) is 47.5 Å². The van der Waals surface area contributed by atoms with Crippen molar-refractivity contribution in [1.29, 1.82) is 0 Å². The second kappa shape index (κ2) is 9.09. The number of rotatable bonds is 7. The van der Waals surface area contributed by atoms with E-state index in [1.807, 2.05) is 30.9 Å². The van der Waals surface area contributed by atoms with E-state index in [0.29, 0.717) is 30.3 Å². The minimum Gasteiger partial charge on any atom is -0.493 e. The molecule has 1 aliphatic heterocycles. The zero-order valence-electron chi connectivity index (χ0n) is 16.4. The average Bonchev–Trinajstić information content (AvgIpc) is 2.66. The van der Waals surface area contributed by atoms with Crippen LogP contribution in [0, 0.1) is 5.92 Å². The first-order valence-corrected chi connectivity index (χ1v) is 8.96. The third-order valence-electron chi connectivity index (χ3n) is 4.82. The lowest BCUT2D eigenvalue weighted by Crippen LogP contribution is -2.54. The maximum absolute atomic E-state index is 12.4. The predicted molar refractivity (Wildman–Crippen MR) is 101 cm³/mol. The molecule has 1 heterocycles. The van der Waals surface area contributed by atoms with Crippen LogP contribution < -0.4 is 19.9 Å². The van der Waals surface area contributed by atoms with Crippen LogP contribution >= 0.6 is 0 Å². The number of carbonyl (C=O) groups excluding carboxylic acids is 1. The van der Waals surface area contributed by atoms with Gasteiger partial charge in [0.05, 0.1) is 27.4 Å². The summed E-state index contributed by atoms with van der Waals surface area (Å²) >= 11 is 0. The Labute approximate surface area is 156 Å². The van der Waals surface area contributed by atoms with E-state index in [0.717, 1.165) is 25.2 Å². The van der Waals surface area contributed by atoms with Gasteiger partial charge in [0, 0.05) is 32.7 Å². The van der Waals surface area contributed by atoms with Crippen LogP contribution in [-0.2, 0) is 11.3 Å². The van der Waals surface area contributed by atoms with Gasteiger partial charge in [-0.3, -0.25) is 9.69 Å². The molecule has 0 unspecified atom stereocenters. The number of piperazine rings is 1. The van der Waals surface area contributed by atoms with E-state index in [-0.39, 0.29) is 11.8 Å². The van der Waals surface area contributed by atoms with Gasteiger partial charge in [-0.15, -0.1) is 0 Å². The smallest absolute Gasteiger partial charge is 0.239 e. The SMILES string of the molecule is COc1cc(CN2CCN(C(=O)[C@@H](N)C(C)C)CC2)cc(OC)c1OC. The number of amides is 1. The molecule has 1 aromatic carbocycles.